The Morgan fingerprint density at radius 2 is 1.81 bits per heavy atom. The number of allylic oxidation sites excluding steroid dienone is 2. The number of hydrogen-bond donors (Lipinski definition) is 0. The van der Waals surface area contributed by atoms with Crippen molar-refractivity contribution in [3.63, 3.8) is 0 Å². The number of halogens is 5. The zero-order valence-electron chi connectivity index (χ0n) is 12.1. The Labute approximate surface area is 130 Å². The second-order valence-electron chi connectivity index (χ2n) is 6.54. The van der Waals surface area contributed by atoms with Gasteiger partial charge in [0, 0.05) is 22.4 Å². The standard InChI is InChI=1S/C16H17BrF4/c1-15(2,3)14-13(17)12(20)6-7-16(14,21)10-8-9(18)4-5-11(10)19/h4-5,8,14H,6-7H2,1-3H3. The van der Waals surface area contributed by atoms with E-state index in [0.29, 0.717) is 0 Å². The van der Waals surface area contributed by atoms with Crippen LogP contribution >= 0.6 is 15.9 Å². The summed E-state index contributed by atoms with van der Waals surface area (Å²) in [5, 5.41) is 0. The monoisotopic (exact) mass is 364 g/mol. The van der Waals surface area contributed by atoms with E-state index >= 15 is 4.39 Å². The van der Waals surface area contributed by atoms with Crippen molar-refractivity contribution >= 4 is 15.9 Å². The average Bonchev–Trinajstić information content (AvgIpc) is 2.36. The Morgan fingerprint density at radius 3 is 2.38 bits per heavy atom. The maximum absolute atomic E-state index is 15.7. The topological polar surface area (TPSA) is 0 Å². The zero-order chi connectivity index (χ0) is 16.0. The van der Waals surface area contributed by atoms with Crippen molar-refractivity contribution < 1.29 is 17.6 Å². The summed E-state index contributed by atoms with van der Waals surface area (Å²) in [6, 6.07) is 2.73. The van der Waals surface area contributed by atoms with Gasteiger partial charge in [-0.3, -0.25) is 0 Å². The van der Waals surface area contributed by atoms with Crippen LogP contribution in [0.1, 0.15) is 39.2 Å². The molecule has 0 saturated carbocycles. The molecule has 0 heterocycles. The first-order valence-corrected chi connectivity index (χ1v) is 7.55. The summed E-state index contributed by atoms with van der Waals surface area (Å²) in [5.41, 5.74) is -3.16. The molecule has 0 nitrogen and oxygen atoms in total. The van der Waals surface area contributed by atoms with Gasteiger partial charge in [0.15, 0.2) is 0 Å². The van der Waals surface area contributed by atoms with Crippen LogP contribution in [0.4, 0.5) is 17.6 Å². The van der Waals surface area contributed by atoms with Gasteiger partial charge in [-0.15, -0.1) is 0 Å². The molecule has 2 unspecified atom stereocenters. The average molecular weight is 365 g/mol. The van der Waals surface area contributed by atoms with E-state index in [4.69, 9.17) is 0 Å². The molecule has 21 heavy (non-hydrogen) atoms. The lowest BCUT2D eigenvalue weighted by Gasteiger charge is -2.44. The van der Waals surface area contributed by atoms with Gasteiger partial charge in [-0.1, -0.05) is 36.7 Å². The van der Waals surface area contributed by atoms with Crippen molar-refractivity contribution in [2.75, 3.05) is 0 Å². The second-order valence-corrected chi connectivity index (χ2v) is 7.39. The highest BCUT2D eigenvalue weighted by Gasteiger charge is 2.52. The minimum Gasteiger partial charge on any atom is -0.238 e. The third kappa shape index (κ3) is 2.89. The summed E-state index contributed by atoms with van der Waals surface area (Å²) in [4.78, 5) is 0. The second kappa shape index (κ2) is 5.41. The highest BCUT2D eigenvalue weighted by Crippen LogP contribution is 2.56. The van der Waals surface area contributed by atoms with E-state index in [1.807, 2.05) is 0 Å². The van der Waals surface area contributed by atoms with E-state index in [1.54, 1.807) is 20.8 Å². The first-order valence-electron chi connectivity index (χ1n) is 6.76. The molecule has 0 aliphatic heterocycles. The van der Waals surface area contributed by atoms with Gasteiger partial charge in [0.25, 0.3) is 0 Å². The fraction of sp³-hybridized carbons (Fsp3) is 0.500. The lowest BCUT2D eigenvalue weighted by molar-refractivity contribution is 0.0146. The molecule has 1 aliphatic rings. The van der Waals surface area contributed by atoms with Crippen molar-refractivity contribution in [2.45, 2.75) is 39.3 Å². The Bertz CT molecular complexity index is 588. The maximum Gasteiger partial charge on any atom is 0.147 e. The molecule has 0 bridgehead atoms. The Kier molecular flexibility index (Phi) is 4.26. The molecule has 116 valence electrons. The van der Waals surface area contributed by atoms with Crippen LogP contribution in [0.3, 0.4) is 0 Å². The summed E-state index contributed by atoms with van der Waals surface area (Å²) in [7, 11) is 0. The first kappa shape index (κ1) is 16.5. The minimum absolute atomic E-state index is 0.104. The van der Waals surface area contributed by atoms with Gasteiger partial charge >= 0.3 is 0 Å². The van der Waals surface area contributed by atoms with Crippen molar-refractivity contribution in [1.82, 2.24) is 0 Å². The van der Waals surface area contributed by atoms with Crippen LogP contribution in [0.2, 0.25) is 0 Å². The summed E-state index contributed by atoms with van der Waals surface area (Å²) in [5.74, 6) is -2.87. The zero-order valence-corrected chi connectivity index (χ0v) is 13.7. The van der Waals surface area contributed by atoms with E-state index in [0.717, 1.165) is 18.2 Å². The smallest absolute Gasteiger partial charge is 0.147 e. The fourth-order valence-electron chi connectivity index (χ4n) is 3.09. The Balaban J connectivity index is 2.66. The molecular weight excluding hydrogens is 348 g/mol. The molecule has 1 aromatic carbocycles. The minimum atomic E-state index is -2.15. The molecule has 1 aromatic rings. The highest BCUT2D eigenvalue weighted by molar-refractivity contribution is 9.11. The summed E-state index contributed by atoms with van der Waals surface area (Å²) < 4.78 is 57.2. The number of alkyl halides is 1. The fourth-order valence-corrected chi connectivity index (χ4v) is 4.33. The third-order valence-electron chi connectivity index (χ3n) is 3.92. The van der Waals surface area contributed by atoms with E-state index in [9.17, 15) is 13.2 Å². The normalized spacial score (nSPS) is 27.1. The quantitative estimate of drug-likeness (QED) is 0.523. The molecule has 1 aliphatic carbocycles. The molecule has 0 amide bonds. The summed E-state index contributed by atoms with van der Waals surface area (Å²) >= 11 is 3.12. The number of hydrogen-bond acceptors (Lipinski definition) is 0. The van der Waals surface area contributed by atoms with Crippen LogP contribution in [0, 0.1) is 23.0 Å². The lowest BCUT2D eigenvalue weighted by Crippen LogP contribution is -2.42. The molecule has 0 aromatic heterocycles. The SMILES string of the molecule is CC(C)(C)C1C(Br)=C(F)CCC1(F)c1cc(F)ccc1F. The van der Waals surface area contributed by atoms with E-state index in [-0.39, 0.29) is 22.9 Å². The number of benzene rings is 1. The number of rotatable bonds is 1. The lowest BCUT2D eigenvalue weighted by atomic mass is 9.65. The summed E-state index contributed by atoms with van der Waals surface area (Å²) in [6.07, 6.45) is -0.351. The van der Waals surface area contributed by atoms with Crippen LogP contribution in [-0.2, 0) is 5.67 Å². The predicted molar refractivity (Wildman–Crippen MR) is 78.4 cm³/mol. The van der Waals surface area contributed by atoms with Gasteiger partial charge in [-0.25, -0.2) is 17.6 Å². The Morgan fingerprint density at radius 1 is 1.19 bits per heavy atom. The molecule has 0 N–H and O–H groups in total. The molecule has 0 saturated heterocycles. The van der Waals surface area contributed by atoms with Crippen molar-refractivity contribution in [1.29, 1.82) is 0 Å². The largest absolute Gasteiger partial charge is 0.238 e. The van der Waals surface area contributed by atoms with E-state index in [1.165, 1.54) is 0 Å². The molecule has 2 atom stereocenters. The van der Waals surface area contributed by atoms with Crippen LogP contribution in [0.15, 0.2) is 28.5 Å². The van der Waals surface area contributed by atoms with Crippen molar-refractivity contribution in [2.24, 2.45) is 11.3 Å². The van der Waals surface area contributed by atoms with Gasteiger partial charge in [0.1, 0.15) is 23.1 Å². The van der Waals surface area contributed by atoms with E-state index < -0.39 is 34.5 Å². The molecule has 0 radical (unpaired) electrons. The summed E-state index contributed by atoms with van der Waals surface area (Å²) in [6.45, 7) is 5.26. The molecule has 5 heteroatoms. The van der Waals surface area contributed by atoms with Crippen LogP contribution in [0.25, 0.3) is 0 Å². The molecular formula is C16H17BrF4. The van der Waals surface area contributed by atoms with Gasteiger partial charge in [-0.05, 0) is 30.0 Å². The van der Waals surface area contributed by atoms with Gasteiger partial charge < -0.3 is 0 Å². The highest BCUT2D eigenvalue weighted by atomic mass is 79.9. The molecule has 2 rings (SSSR count). The maximum atomic E-state index is 15.7. The van der Waals surface area contributed by atoms with Gasteiger partial charge in [0.05, 0.1) is 0 Å². The predicted octanol–water partition coefficient (Wildman–Crippen LogP) is 6.16. The van der Waals surface area contributed by atoms with E-state index in [2.05, 4.69) is 15.9 Å². The third-order valence-corrected chi connectivity index (χ3v) is 4.81. The van der Waals surface area contributed by atoms with Gasteiger partial charge in [0.2, 0.25) is 0 Å². The van der Waals surface area contributed by atoms with Crippen LogP contribution in [0.5, 0.6) is 0 Å². The molecule has 0 spiro atoms. The van der Waals surface area contributed by atoms with Gasteiger partial charge in [-0.2, -0.15) is 0 Å². The van der Waals surface area contributed by atoms with Crippen LogP contribution < -0.4 is 0 Å². The van der Waals surface area contributed by atoms with Crippen LogP contribution in [-0.4, -0.2) is 0 Å². The first-order chi connectivity index (χ1) is 9.57. The molecule has 0 fully saturated rings. The van der Waals surface area contributed by atoms with Crippen molar-refractivity contribution in [3.05, 3.63) is 45.7 Å². The Hall–Kier alpha value is -0.840. The van der Waals surface area contributed by atoms with Crippen molar-refractivity contribution in [3.8, 4) is 0 Å².